The highest BCUT2D eigenvalue weighted by Crippen LogP contribution is 2.39. The fourth-order valence-electron chi connectivity index (χ4n) is 2.87. The van der Waals surface area contributed by atoms with Crippen LogP contribution in [-0.2, 0) is 22.4 Å². The first kappa shape index (κ1) is 19.0. The number of carbonyl (C=O) groups excluding carboxylic acids is 2. The lowest BCUT2D eigenvalue weighted by molar-refractivity contribution is -0.111. The van der Waals surface area contributed by atoms with Crippen LogP contribution in [0.5, 0.6) is 0 Å². The molecule has 0 bridgehead atoms. The highest BCUT2D eigenvalue weighted by atomic mass is 35.5. The normalized spacial score (nSPS) is 13.0. The van der Waals surface area contributed by atoms with Gasteiger partial charge in [0.15, 0.2) is 0 Å². The highest BCUT2D eigenvalue weighted by molar-refractivity contribution is 7.17. The number of aryl methyl sites for hydroxylation is 1. The number of carbonyl (C=O) groups is 2. The Morgan fingerprint density at radius 1 is 1.31 bits per heavy atom. The molecule has 0 aliphatic heterocycles. The van der Waals surface area contributed by atoms with Crippen molar-refractivity contribution >= 4 is 57.5 Å². The van der Waals surface area contributed by atoms with E-state index in [0.717, 1.165) is 29.7 Å². The molecule has 1 amide bonds. The van der Waals surface area contributed by atoms with E-state index in [1.807, 2.05) is 0 Å². The minimum absolute atomic E-state index is 0.297. The van der Waals surface area contributed by atoms with Crippen molar-refractivity contribution in [3.8, 4) is 0 Å². The molecule has 3 rings (SSSR count). The standard InChI is InChI=1S/C19H17Cl2NO3S/c1-2-25-19(24)17-13-4-3-5-15(13)26-18(17)22-16(23)9-7-11-6-8-12(20)10-14(11)21/h6-10H,2-5H2,1H3,(H,22,23)/b9-7+. The summed E-state index contributed by atoms with van der Waals surface area (Å²) in [6.07, 6.45) is 5.79. The van der Waals surface area contributed by atoms with Crippen LogP contribution in [-0.4, -0.2) is 18.5 Å². The maximum atomic E-state index is 12.3. The van der Waals surface area contributed by atoms with Crippen LogP contribution in [0.3, 0.4) is 0 Å². The quantitative estimate of drug-likeness (QED) is 0.533. The number of anilines is 1. The first-order valence-electron chi connectivity index (χ1n) is 8.25. The van der Waals surface area contributed by atoms with Crippen LogP contribution in [0.2, 0.25) is 10.0 Å². The second kappa shape index (κ2) is 8.25. The lowest BCUT2D eigenvalue weighted by Crippen LogP contribution is -2.13. The van der Waals surface area contributed by atoms with Crippen molar-refractivity contribution < 1.29 is 14.3 Å². The Kier molecular flexibility index (Phi) is 6.01. The second-order valence-electron chi connectivity index (χ2n) is 5.77. The van der Waals surface area contributed by atoms with Crippen LogP contribution in [0.15, 0.2) is 24.3 Å². The molecule has 1 heterocycles. The molecule has 0 saturated heterocycles. The number of hydrogen-bond acceptors (Lipinski definition) is 4. The predicted molar refractivity (Wildman–Crippen MR) is 106 cm³/mol. The van der Waals surface area contributed by atoms with E-state index < -0.39 is 0 Å². The van der Waals surface area contributed by atoms with Crippen molar-refractivity contribution in [1.29, 1.82) is 0 Å². The number of rotatable bonds is 5. The van der Waals surface area contributed by atoms with Crippen LogP contribution in [0.1, 0.15) is 39.7 Å². The average Bonchev–Trinajstić information content (AvgIpc) is 3.14. The molecule has 1 aliphatic carbocycles. The van der Waals surface area contributed by atoms with E-state index in [0.29, 0.717) is 32.8 Å². The number of amides is 1. The van der Waals surface area contributed by atoms with Gasteiger partial charge in [0.2, 0.25) is 5.91 Å². The number of ether oxygens (including phenoxy) is 1. The molecule has 1 aromatic heterocycles. The van der Waals surface area contributed by atoms with Crippen LogP contribution in [0, 0.1) is 0 Å². The SMILES string of the molecule is CCOC(=O)c1c(NC(=O)/C=C/c2ccc(Cl)cc2Cl)sc2c1CCC2. The van der Waals surface area contributed by atoms with Crippen molar-refractivity contribution in [2.75, 3.05) is 11.9 Å². The lowest BCUT2D eigenvalue weighted by atomic mass is 10.1. The topological polar surface area (TPSA) is 55.4 Å². The Hall–Kier alpha value is -1.82. The Bertz CT molecular complexity index is 889. The molecule has 1 N–H and O–H groups in total. The third-order valence-electron chi connectivity index (χ3n) is 4.01. The molecular weight excluding hydrogens is 393 g/mol. The fourth-order valence-corrected chi connectivity index (χ4v) is 4.62. The van der Waals surface area contributed by atoms with Crippen molar-refractivity contribution in [1.82, 2.24) is 0 Å². The summed E-state index contributed by atoms with van der Waals surface area (Å²) in [5, 5.41) is 4.34. The zero-order valence-corrected chi connectivity index (χ0v) is 16.4. The van der Waals surface area contributed by atoms with Gasteiger partial charge in [-0.1, -0.05) is 29.3 Å². The summed E-state index contributed by atoms with van der Waals surface area (Å²) in [6, 6.07) is 5.05. The van der Waals surface area contributed by atoms with Gasteiger partial charge in [-0.05, 0) is 55.5 Å². The van der Waals surface area contributed by atoms with Gasteiger partial charge in [-0.2, -0.15) is 0 Å². The lowest BCUT2D eigenvalue weighted by Gasteiger charge is -2.06. The molecule has 4 nitrogen and oxygen atoms in total. The Labute approximate surface area is 165 Å². The van der Waals surface area contributed by atoms with Gasteiger partial charge in [0, 0.05) is 21.0 Å². The van der Waals surface area contributed by atoms with Gasteiger partial charge >= 0.3 is 5.97 Å². The molecule has 0 spiro atoms. The van der Waals surface area contributed by atoms with Gasteiger partial charge in [0.05, 0.1) is 12.2 Å². The third kappa shape index (κ3) is 4.11. The molecule has 0 unspecified atom stereocenters. The summed E-state index contributed by atoms with van der Waals surface area (Å²) < 4.78 is 5.16. The first-order chi connectivity index (χ1) is 12.5. The number of esters is 1. The predicted octanol–water partition coefficient (Wildman–Crippen LogP) is 5.37. The van der Waals surface area contributed by atoms with E-state index in [9.17, 15) is 9.59 Å². The highest BCUT2D eigenvalue weighted by Gasteiger charge is 2.28. The molecule has 1 aromatic carbocycles. The molecule has 7 heteroatoms. The monoisotopic (exact) mass is 409 g/mol. The van der Waals surface area contributed by atoms with Crippen LogP contribution in [0.4, 0.5) is 5.00 Å². The first-order valence-corrected chi connectivity index (χ1v) is 9.82. The summed E-state index contributed by atoms with van der Waals surface area (Å²) in [7, 11) is 0. The molecule has 1 aliphatic rings. The van der Waals surface area contributed by atoms with E-state index in [4.69, 9.17) is 27.9 Å². The van der Waals surface area contributed by atoms with Crippen LogP contribution >= 0.6 is 34.5 Å². The number of benzene rings is 1. The van der Waals surface area contributed by atoms with Gasteiger partial charge < -0.3 is 10.1 Å². The fraction of sp³-hybridized carbons (Fsp3) is 0.263. The van der Waals surface area contributed by atoms with Gasteiger partial charge in [0.25, 0.3) is 0 Å². The Morgan fingerprint density at radius 2 is 2.12 bits per heavy atom. The Balaban J connectivity index is 1.79. The number of fused-ring (bicyclic) bond motifs is 1. The molecule has 0 atom stereocenters. The van der Waals surface area contributed by atoms with Crippen molar-refractivity contribution in [3.63, 3.8) is 0 Å². The van der Waals surface area contributed by atoms with Gasteiger partial charge in [-0.15, -0.1) is 11.3 Å². The van der Waals surface area contributed by atoms with Gasteiger partial charge in [-0.3, -0.25) is 4.79 Å². The minimum Gasteiger partial charge on any atom is -0.462 e. The van der Waals surface area contributed by atoms with E-state index in [1.165, 1.54) is 17.4 Å². The summed E-state index contributed by atoms with van der Waals surface area (Å²) in [6.45, 7) is 2.06. The maximum Gasteiger partial charge on any atom is 0.341 e. The third-order valence-corrected chi connectivity index (χ3v) is 5.78. The molecule has 0 fully saturated rings. The summed E-state index contributed by atoms with van der Waals surface area (Å²) in [4.78, 5) is 25.8. The van der Waals surface area contributed by atoms with Crippen molar-refractivity contribution in [2.24, 2.45) is 0 Å². The number of thiophene rings is 1. The van der Waals surface area contributed by atoms with E-state index in [-0.39, 0.29) is 11.9 Å². The van der Waals surface area contributed by atoms with E-state index in [2.05, 4.69) is 5.32 Å². The van der Waals surface area contributed by atoms with Crippen molar-refractivity contribution in [2.45, 2.75) is 26.2 Å². The molecule has 0 saturated carbocycles. The molecule has 2 aromatic rings. The zero-order chi connectivity index (χ0) is 18.7. The van der Waals surface area contributed by atoms with Crippen molar-refractivity contribution in [3.05, 3.63) is 55.9 Å². The Morgan fingerprint density at radius 3 is 2.85 bits per heavy atom. The molecule has 0 radical (unpaired) electrons. The maximum absolute atomic E-state index is 12.3. The largest absolute Gasteiger partial charge is 0.462 e. The summed E-state index contributed by atoms with van der Waals surface area (Å²) >= 11 is 13.4. The van der Waals surface area contributed by atoms with Crippen LogP contribution in [0.25, 0.3) is 6.08 Å². The minimum atomic E-state index is -0.382. The van der Waals surface area contributed by atoms with Gasteiger partial charge in [-0.25, -0.2) is 4.79 Å². The zero-order valence-electron chi connectivity index (χ0n) is 14.1. The smallest absolute Gasteiger partial charge is 0.341 e. The summed E-state index contributed by atoms with van der Waals surface area (Å²) in [5.74, 6) is -0.714. The average molecular weight is 410 g/mol. The van der Waals surface area contributed by atoms with E-state index in [1.54, 1.807) is 31.2 Å². The molecule has 26 heavy (non-hydrogen) atoms. The second-order valence-corrected chi connectivity index (χ2v) is 7.72. The number of hydrogen-bond donors (Lipinski definition) is 1. The van der Waals surface area contributed by atoms with Gasteiger partial charge in [0.1, 0.15) is 5.00 Å². The number of halogens is 2. The van der Waals surface area contributed by atoms with Crippen LogP contribution < -0.4 is 5.32 Å². The molecular formula is C19H17Cl2NO3S. The van der Waals surface area contributed by atoms with E-state index >= 15 is 0 Å². The molecule has 136 valence electrons. The summed E-state index contributed by atoms with van der Waals surface area (Å²) in [5.41, 5.74) is 2.19. The number of nitrogens with one attached hydrogen (secondary N) is 1.